The number of hydrogen-bond donors (Lipinski definition) is 2. The van der Waals surface area contributed by atoms with Gasteiger partial charge in [0.05, 0.1) is 11.9 Å². The predicted molar refractivity (Wildman–Crippen MR) is 121 cm³/mol. The van der Waals surface area contributed by atoms with E-state index >= 15 is 0 Å². The van der Waals surface area contributed by atoms with Crippen LogP contribution in [-0.2, 0) is 29.0 Å². The average molecular weight is 475 g/mol. The molecule has 0 radical (unpaired) electrons. The number of carbonyl (C=O) groups is 3. The molecule has 1 aliphatic rings. The molecule has 0 fully saturated rings. The second-order valence-corrected chi connectivity index (χ2v) is 9.45. The fraction of sp³-hybridized carbons (Fsp3) is 0.381. The number of amides is 3. The number of nitrogens with zero attached hydrogens (tertiary/aromatic N) is 2. The van der Waals surface area contributed by atoms with Gasteiger partial charge >= 0.3 is 12.0 Å². The van der Waals surface area contributed by atoms with Crippen LogP contribution in [0.4, 0.5) is 4.79 Å². The molecule has 32 heavy (non-hydrogen) atoms. The molecule has 0 saturated carbocycles. The number of thiophene rings is 2. The first-order valence-electron chi connectivity index (χ1n) is 10.2. The van der Waals surface area contributed by atoms with Crippen LogP contribution in [0.15, 0.2) is 22.3 Å². The molecule has 3 aromatic rings. The van der Waals surface area contributed by atoms with Crippen LogP contribution in [0.25, 0.3) is 10.2 Å². The van der Waals surface area contributed by atoms with E-state index < -0.39 is 24.5 Å². The normalized spacial score (nSPS) is 13.3. The van der Waals surface area contributed by atoms with E-state index in [-0.39, 0.29) is 10.4 Å². The van der Waals surface area contributed by atoms with Gasteiger partial charge in [0.2, 0.25) is 0 Å². The number of imide groups is 1. The Morgan fingerprint density at radius 1 is 1.25 bits per heavy atom. The van der Waals surface area contributed by atoms with Crippen LogP contribution in [0.2, 0.25) is 0 Å². The third-order valence-corrected chi connectivity index (χ3v) is 7.23. The molecular formula is C21H22N4O5S2. The molecule has 0 bridgehead atoms. The Labute approximate surface area is 191 Å². The Bertz CT molecular complexity index is 1230. The van der Waals surface area contributed by atoms with E-state index in [0.29, 0.717) is 28.9 Å². The van der Waals surface area contributed by atoms with Crippen molar-refractivity contribution >= 4 is 50.8 Å². The van der Waals surface area contributed by atoms with Crippen LogP contribution in [0.5, 0.6) is 0 Å². The van der Waals surface area contributed by atoms with Crippen molar-refractivity contribution in [1.29, 1.82) is 0 Å². The van der Waals surface area contributed by atoms with Crippen LogP contribution in [0.1, 0.15) is 45.2 Å². The van der Waals surface area contributed by atoms with Crippen LogP contribution >= 0.6 is 22.7 Å². The standard InChI is InChI=1S/C21H22N4O5S2/c1-12-16-18(23-14-7-3-2-4-8-25(14)19(16)27)32-17(12)20(28)30-11-15(26)24-21(29)22-10-13-6-5-9-31-13/h5-6,9H,2-4,7-8,10-11H2,1H3,(H2,22,24,26,29). The van der Waals surface area contributed by atoms with E-state index in [1.54, 1.807) is 11.5 Å². The van der Waals surface area contributed by atoms with Gasteiger partial charge in [-0.15, -0.1) is 22.7 Å². The number of carbonyl (C=O) groups excluding carboxylic acids is 3. The summed E-state index contributed by atoms with van der Waals surface area (Å²) in [4.78, 5) is 55.6. The number of aromatic nitrogens is 2. The van der Waals surface area contributed by atoms with Crippen LogP contribution < -0.4 is 16.2 Å². The molecule has 4 rings (SSSR count). The van der Waals surface area contributed by atoms with Crippen molar-refractivity contribution in [2.45, 2.75) is 45.7 Å². The smallest absolute Gasteiger partial charge is 0.349 e. The Morgan fingerprint density at radius 3 is 2.88 bits per heavy atom. The van der Waals surface area contributed by atoms with Gasteiger partial charge in [-0.3, -0.25) is 19.5 Å². The second-order valence-electron chi connectivity index (χ2n) is 7.42. The lowest BCUT2D eigenvalue weighted by molar-refractivity contribution is -0.123. The fourth-order valence-corrected chi connectivity index (χ4v) is 5.32. The summed E-state index contributed by atoms with van der Waals surface area (Å²) in [5.74, 6) is -0.723. The highest BCUT2D eigenvalue weighted by Gasteiger charge is 2.23. The van der Waals surface area contributed by atoms with Crippen LogP contribution in [0.3, 0.4) is 0 Å². The lowest BCUT2D eigenvalue weighted by Gasteiger charge is -2.08. The van der Waals surface area contributed by atoms with Gasteiger partial charge in [-0.25, -0.2) is 14.6 Å². The maximum absolute atomic E-state index is 13.0. The van der Waals surface area contributed by atoms with Gasteiger partial charge in [0.1, 0.15) is 15.5 Å². The highest BCUT2D eigenvalue weighted by atomic mass is 32.1. The topological polar surface area (TPSA) is 119 Å². The zero-order chi connectivity index (χ0) is 22.7. The number of urea groups is 1. The maximum Gasteiger partial charge on any atom is 0.349 e. The number of rotatable bonds is 5. The number of hydrogen-bond acceptors (Lipinski definition) is 8. The molecule has 168 valence electrons. The quantitative estimate of drug-likeness (QED) is 0.549. The van der Waals surface area contributed by atoms with Gasteiger partial charge in [0.15, 0.2) is 6.61 Å². The van der Waals surface area contributed by atoms with E-state index in [9.17, 15) is 19.2 Å². The average Bonchev–Trinajstić information content (AvgIpc) is 3.32. The molecule has 0 atom stereocenters. The molecule has 1 aliphatic heterocycles. The van der Waals surface area contributed by atoms with E-state index in [1.807, 2.05) is 17.5 Å². The largest absolute Gasteiger partial charge is 0.451 e. The Hall–Kier alpha value is -3.05. The number of esters is 1. The van der Waals surface area contributed by atoms with Crippen LogP contribution in [0, 0.1) is 6.92 Å². The predicted octanol–water partition coefficient (Wildman–Crippen LogP) is 2.74. The number of ether oxygens (including phenoxy) is 1. The van der Waals surface area contributed by atoms with Gasteiger partial charge in [0.25, 0.3) is 11.5 Å². The molecule has 0 unspecified atom stereocenters. The third-order valence-electron chi connectivity index (χ3n) is 5.19. The summed E-state index contributed by atoms with van der Waals surface area (Å²) in [6.45, 7) is 1.99. The third kappa shape index (κ3) is 4.73. The molecule has 3 amide bonds. The van der Waals surface area contributed by atoms with Crippen molar-refractivity contribution in [2.24, 2.45) is 0 Å². The summed E-state index contributed by atoms with van der Waals surface area (Å²) >= 11 is 2.57. The van der Waals surface area contributed by atoms with E-state index in [2.05, 4.69) is 15.6 Å². The first-order chi connectivity index (χ1) is 15.4. The minimum absolute atomic E-state index is 0.139. The first kappa shape index (κ1) is 22.2. The molecule has 3 aromatic heterocycles. The molecule has 0 aromatic carbocycles. The molecule has 4 heterocycles. The Morgan fingerprint density at radius 2 is 2.09 bits per heavy atom. The van der Waals surface area contributed by atoms with Gasteiger partial charge in [-0.1, -0.05) is 12.5 Å². The molecule has 11 heteroatoms. The summed E-state index contributed by atoms with van der Waals surface area (Å²) < 4.78 is 6.78. The molecule has 0 spiro atoms. The second kappa shape index (κ2) is 9.61. The van der Waals surface area contributed by atoms with Crippen molar-refractivity contribution in [3.63, 3.8) is 0 Å². The van der Waals surface area contributed by atoms with Crippen molar-refractivity contribution in [2.75, 3.05) is 6.61 Å². The van der Waals surface area contributed by atoms with E-state index in [0.717, 1.165) is 47.7 Å². The lowest BCUT2D eigenvalue weighted by Crippen LogP contribution is -2.41. The van der Waals surface area contributed by atoms with Gasteiger partial charge in [-0.2, -0.15) is 0 Å². The van der Waals surface area contributed by atoms with Crippen molar-refractivity contribution in [3.8, 4) is 0 Å². The van der Waals surface area contributed by atoms with Crippen molar-refractivity contribution in [3.05, 3.63) is 49.0 Å². The maximum atomic E-state index is 13.0. The molecule has 2 N–H and O–H groups in total. The summed E-state index contributed by atoms with van der Waals surface area (Å²) in [7, 11) is 0. The first-order valence-corrected chi connectivity index (χ1v) is 11.9. The summed E-state index contributed by atoms with van der Waals surface area (Å²) in [6, 6.07) is 3.05. The molecule has 0 aliphatic carbocycles. The van der Waals surface area contributed by atoms with E-state index in [1.165, 1.54) is 11.3 Å². The molecular weight excluding hydrogens is 452 g/mol. The SMILES string of the molecule is Cc1c(C(=O)OCC(=O)NC(=O)NCc2cccs2)sc2nc3n(c(=O)c12)CCCCC3. The van der Waals surface area contributed by atoms with Crippen molar-refractivity contribution < 1.29 is 19.1 Å². The van der Waals surface area contributed by atoms with Gasteiger partial charge in [0, 0.05) is 17.8 Å². The monoisotopic (exact) mass is 474 g/mol. The number of nitrogens with one attached hydrogen (secondary N) is 2. The minimum atomic E-state index is -0.745. The minimum Gasteiger partial charge on any atom is -0.451 e. The molecule has 0 saturated heterocycles. The lowest BCUT2D eigenvalue weighted by atomic mass is 10.2. The van der Waals surface area contributed by atoms with Crippen molar-refractivity contribution in [1.82, 2.24) is 20.2 Å². The highest BCUT2D eigenvalue weighted by Crippen LogP contribution is 2.29. The Kier molecular flexibility index (Phi) is 6.66. The van der Waals surface area contributed by atoms with Crippen LogP contribution in [-0.4, -0.2) is 34.1 Å². The van der Waals surface area contributed by atoms with Gasteiger partial charge < -0.3 is 10.1 Å². The summed E-state index contributed by atoms with van der Waals surface area (Å²) in [6.07, 6.45) is 3.69. The summed E-state index contributed by atoms with van der Waals surface area (Å²) in [5.41, 5.74) is 0.362. The molecule has 9 nitrogen and oxygen atoms in total. The van der Waals surface area contributed by atoms with Gasteiger partial charge in [-0.05, 0) is 36.8 Å². The zero-order valence-electron chi connectivity index (χ0n) is 17.4. The zero-order valence-corrected chi connectivity index (χ0v) is 19.1. The fourth-order valence-electron chi connectivity index (χ4n) is 3.59. The number of aryl methyl sites for hydroxylation is 2. The summed E-state index contributed by atoms with van der Waals surface area (Å²) in [5, 5.41) is 6.98. The highest BCUT2D eigenvalue weighted by molar-refractivity contribution is 7.20. The van der Waals surface area contributed by atoms with E-state index in [4.69, 9.17) is 4.74 Å². The number of fused-ring (bicyclic) bond motifs is 2. The Balaban J connectivity index is 1.40.